The van der Waals surface area contributed by atoms with Gasteiger partial charge in [0.25, 0.3) is 5.92 Å². The summed E-state index contributed by atoms with van der Waals surface area (Å²) in [5.74, 6) is -2.22. The van der Waals surface area contributed by atoms with E-state index in [1.54, 1.807) is 19.2 Å². The Bertz CT molecular complexity index is 1440. The SMILES string of the molecule is CCC(F)(F)CN1CCCC(CCCc2c(OC)cc(Cl)c3c2C=CC(CC(=O)OC(C)(C)C)CC3)[C@H](c2ccc(C(=O)OC)cc2)C1. The lowest BCUT2D eigenvalue weighted by atomic mass is 9.80. The number of benzene rings is 2. The van der Waals surface area contributed by atoms with E-state index in [4.69, 9.17) is 25.8 Å². The van der Waals surface area contributed by atoms with Crippen LogP contribution >= 0.6 is 11.6 Å². The number of carbonyl (C=O) groups excluding carboxylic acids is 2. The van der Waals surface area contributed by atoms with Gasteiger partial charge in [0.1, 0.15) is 11.4 Å². The summed E-state index contributed by atoms with van der Waals surface area (Å²) in [6.45, 7) is 8.09. The van der Waals surface area contributed by atoms with Crippen LogP contribution < -0.4 is 4.74 Å². The Kier molecular flexibility index (Phi) is 13.1. The number of hydrogen-bond acceptors (Lipinski definition) is 6. The number of likely N-dealkylation sites (tertiary alicyclic amines) is 1. The van der Waals surface area contributed by atoms with E-state index < -0.39 is 17.5 Å². The quantitative estimate of drug-likeness (QED) is 0.207. The maximum Gasteiger partial charge on any atom is 0.337 e. The van der Waals surface area contributed by atoms with Crippen LogP contribution in [0.1, 0.15) is 111 Å². The Hall–Kier alpha value is -2.97. The van der Waals surface area contributed by atoms with Gasteiger partial charge >= 0.3 is 11.9 Å². The molecule has 1 heterocycles. The molecule has 4 rings (SSSR count). The topological polar surface area (TPSA) is 65.1 Å². The lowest BCUT2D eigenvalue weighted by molar-refractivity contribution is -0.155. The highest BCUT2D eigenvalue weighted by Crippen LogP contribution is 2.40. The summed E-state index contributed by atoms with van der Waals surface area (Å²) in [6, 6.07) is 9.34. The van der Waals surface area contributed by atoms with Crippen LogP contribution in [-0.2, 0) is 27.1 Å². The second-order valence-corrected chi connectivity index (χ2v) is 14.7. The highest BCUT2D eigenvalue weighted by molar-refractivity contribution is 6.31. The van der Waals surface area contributed by atoms with Crippen LogP contribution in [0.2, 0.25) is 5.02 Å². The molecule has 3 atom stereocenters. The van der Waals surface area contributed by atoms with Crippen molar-refractivity contribution in [2.24, 2.45) is 11.8 Å². The van der Waals surface area contributed by atoms with Gasteiger partial charge in [-0.15, -0.1) is 0 Å². The fourth-order valence-electron chi connectivity index (χ4n) is 7.18. The molecule has 0 aromatic heterocycles. The molecule has 2 aliphatic rings. The molecule has 0 bridgehead atoms. The van der Waals surface area contributed by atoms with Crippen molar-refractivity contribution in [2.45, 2.75) is 103 Å². The molecule has 2 aromatic carbocycles. The van der Waals surface area contributed by atoms with Crippen LogP contribution in [0.25, 0.3) is 6.08 Å². The number of fused-ring (bicyclic) bond motifs is 1. The summed E-state index contributed by atoms with van der Waals surface area (Å²) >= 11 is 6.79. The molecule has 0 saturated carbocycles. The number of allylic oxidation sites excluding steroid dienone is 1. The molecule has 9 heteroatoms. The van der Waals surface area contributed by atoms with E-state index in [0.717, 1.165) is 72.9 Å². The zero-order valence-corrected chi connectivity index (χ0v) is 30.1. The number of carbonyl (C=O) groups is 2. The number of ether oxygens (including phenoxy) is 3. The summed E-state index contributed by atoms with van der Waals surface area (Å²) in [4.78, 5) is 26.6. The summed E-state index contributed by atoms with van der Waals surface area (Å²) in [5, 5.41) is 0.663. The predicted molar refractivity (Wildman–Crippen MR) is 187 cm³/mol. The van der Waals surface area contributed by atoms with Gasteiger partial charge in [-0.3, -0.25) is 9.69 Å². The van der Waals surface area contributed by atoms with E-state index in [1.165, 1.54) is 14.0 Å². The lowest BCUT2D eigenvalue weighted by Crippen LogP contribution is -2.39. The molecule has 1 saturated heterocycles. The zero-order chi connectivity index (χ0) is 35.1. The molecule has 0 amide bonds. The Morgan fingerprint density at radius 1 is 1.08 bits per heavy atom. The number of rotatable bonds is 12. The highest BCUT2D eigenvalue weighted by Gasteiger charge is 2.34. The molecule has 2 aromatic rings. The molecular weight excluding hydrogens is 636 g/mol. The van der Waals surface area contributed by atoms with Gasteiger partial charge in [0.15, 0.2) is 0 Å². The minimum Gasteiger partial charge on any atom is -0.496 e. The molecular formula is C39H52ClF2NO5. The van der Waals surface area contributed by atoms with Gasteiger partial charge in [-0.1, -0.05) is 42.8 Å². The van der Waals surface area contributed by atoms with E-state index >= 15 is 0 Å². The van der Waals surface area contributed by atoms with Crippen molar-refractivity contribution in [1.29, 1.82) is 0 Å². The van der Waals surface area contributed by atoms with Crippen LogP contribution in [-0.4, -0.2) is 62.2 Å². The van der Waals surface area contributed by atoms with E-state index in [9.17, 15) is 18.4 Å². The van der Waals surface area contributed by atoms with Crippen molar-refractivity contribution < 1.29 is 32.6 Å². The third-order valence-corrected chi connectivity index (χ3v) is 10.0. The van der Waals surface area contributed by atoms with E-state index in [0.29, 0.717) is 30.1 Å². The van der Waals surface area contributed by atoms with Gasteiger partial charge in [0.2, 0.25) is 0 Å². The molecule has 6 nitrogen and oxygen atoms in total. The molecule has 264 valence electrons. The molecule has 48 heavy (non-hydrogen) atoms. The van der Waals surface area contributed by atoms with Crippen LogP contribution in [0.15, 0.2) is 36.4 Å². The smallest absolute Gasteiger partial charge is 0.337 e. The predicted octanol–water partition coefficient (Wildman–Crippen LogP) is 9.31. The van der Waals surface area contributed by atoms with Crippen molar-refractivity contribution in [3.05, 3.63) is 69.2 Å². The average molecular weight is 688 g/mol. The summed E-state index contributed by atoms with van der Waals surface area (Å²) in [7, 11) is 3.02. The van der Waals surface area contributed by atoms with Gasteiger partial charge in [-0.25, -0.2) is 13.6 Å². The van der Waals surface area contributed by atoms with E-state index in [2.05, 4.69) is 12.2 Å². The number of esters is 2. The first-order valence-corrected chi connectivity index (χ1v) is 17.7. The summed E-state index contributed by atoms with van der Waals surface area (Å²) in [6.07, 6.45) is 10.2. The first-order valence-electron chi connectivity index (χ1n) is 17.3. The van der Waals surface area contributed by atoms with Crippen molar-refractivity contribution in [2.75, 3.05) is 33.9 Å². The minimum atomic E-state index is -2.73. The molecule has 1 aliphatic carbocycles. The number of nitrogens with zero attached hydrogens (tertiary/aromatic N) is 1. The number of alkyl halides is 2. The van der Waals surface area contributed by atoms with Gasteiger partial charge in [0.05, 0.1) is 32.7 Å². The first-order chi connectivity index (χ1) is 22.7. The largest absolute Gasteiger partial charge is 0.496 e. The van der Waals surface area contributed by atoms with Crippen LogP contribution in [0.3, 0.4) is 0 Å². The summed E-state index contributed by atoms with van der Waals surface area (Å²) < 4.78 is 45.4. The molecule has 0 spiro atoms. The van der Waals surface area contributed by atoms with Crippen LogP contribution in [0.5, 0.6) is 5.75 Å². The Morgan fingerprint density at radius 2 is 1.81 bits per heavy atom. The number of halogens is 3. The zero-order valence-electron chi connectivity index (χ0n) is 29.4. The Labute approximate surface area is 290 Å². The van der Waals surface area contributed by atoms with Gasteiger partial charge in [0, 0.05) is 23.6 Å². The number of methoxy groups -OCH3 is 2. The van der Waals surface area contributed by atoms with Crippen LogP contribution in [0, 0.1) is 11.8 Å². The van der Waals surface area contributed by atoms with Crippen LogP contribution in [0.4, 0.5) is 8.78 Å². The molecule has 2 unspecified atom stereocenters. The Morgan fingerprint density at radius 3 is 2.46 bits per heavy atom. The highest BCUT2D eigenvalue weighted by atomic mass is 35.5. The summed E-state index contributed by atoms with van der Waals surface area (Å²) in [5.41, 5.74) is 4.23. The fourth-order valence-corrected chi connectivity index (χ4v) is 7.48. The van der Waals surface area contributed by atoms with Gasteiger partial charge in [-0.2, -0.15) is 0 Å². The second-order valence-electron chi connectivity index (χ2n) is 14.3. The van der Waals surface area contributed by atoms with Crippen molar-refractivity contribution in [1.82, 2.24) is 4.90 Å². The minimum absolute atomic E-state index is 0.0440. The first kappa shape index (κ1) is 37.8. The maximum atomic E-state index is 14.5. The van der Waals surface area contributed by atoms with Crippen molar-refractivity contribution >= 4 is 29.6 Å². The Balaban J connectivity index is 1.55. The van der Waals surface area contributed by atoms with Crippen molar-refractivity contribution in [3.8, 4) is 5.75 Å². The van der Waals surface area contributed by atoms with E-state index in [1.807, 2.05) is 43.9 Å². The lowest BCUT2D eigenvalue weighted by Gasteiger charge is -2.31. The third-order valence-electron chi connectivity index (χ3n) is 9.67. The average Bonchev–Trinajstić information content (AvgIpc) is 3.37. The van der Waals surface area contributed by atoms with Gasteiger partial charge in [-0.05, 0) is 125 Å². The molecule has 1 fully saturated rings. The molecule has 0 radical (unpaired) electrons. The fraction of sp³-hybridized carbons (Fsp3) is 0.590. The molecule has 1 aliphatic heterocycles. The van der Waals surface area contributed by atoms with Crippen molar-refractivity contribution in [3.63, 3.8) is 0 Å². The molecule has 0 N–H and O–H groups in total. The van der Waals surface area contributed by atoms with Gasteiger partial charge < -0.3 is 14.2 Å². The second kappa shape index (κ2) is 16.6. The normalized spacial score (nSPS) is 20.4. The third kappa shape index (κ3) is 10.3. The monoisotopic (exact) mass is 687 g/mol. The van der Waals surface area contributed by atoms with E-state index in [-0.39, 0.29) is 36.7 Å². The number of hydrogen-bond donors (Lipinski definition) is 0. The maximum absolute atomic E-state index is 14.5. The standard InChI is InChI=1S/C39H52ClF2NO5/c1-7-39(41,42)25-43-21-9-11-27(33(24-43)28-15-17-29(18-16-28)37(45)47-6)10-8-12-32-30-19-13-26(22-36(44)48-38(2,3)4)14-20-31(30)34(40)23-35(32)46-5/h13,15-19,23,26-27,33H,7-12,14,20-22,24-25H2,1-6H3/t26?,27?,33-/m1/s1.